The van der Waals surface area contributed by atoms with E-state index in [1.54, 1.807) is 0 Å². The lowest BCUT2D eigenvalue weighted by Gasteiger charge is -2.20. The van der Waals surface area contributed by atoms with Crippen molar-refractivity contribution in [2.24, 2.45) is 0 Å². The molecule has 9 heteroatoms. The number of alkyl carbamates (subject to hydrolysis) is 2. The Morgan fingerprint density at radius 1 is 0.708 bits per heavy atom. The van der Waals surface area contributed by atoms with Crippen molar-refractivity contribution in [3.63, 3.8) is 0 Å². The Hall–Kier alpha value is -1.58. The third-order valence-electron chi connectivity index (χ3n) is 2.23. The van der Waals surface area contributed by atoms with Gasteiger partial charge in [0.05, 0.1) is 6.67 Å². The Bertz CT molecular complexity index is 341. The fourth-order valence-corrected chi connectivity index (χ4v) is 1.41. The Morgan fingerprint density at radius 2 is 1.17 bits per heavy atom. The summed E-state index contributed by atoms with van der Waals surface area (Å²) in [6.07, 6.45) is -0.862. The topological polar surface area (TPSA) is 113 Å². The van der Waals surface area contributed by atoms with Gasteiger partial charge < -0.3 is 25.4 Å². The molecular formula is C15H33N5O4. The van der Waals surface area contributed by atoms with Crippen LogP contribution in [-0.2, 0) is 9.47 Å². The van der Waals surface area contributed by atoms with E-state index >= 15 is 0 Å². The highest BCUT2D eigenvalue weighted by Crippen LogP contribution is 2.06. The van der Waals surface area contributed by atoms with Crippen molar-refractivity contribution in [1.82, 2.24) is 26.8 Å². The van der Waals surface area contributed by atoms with Crippen molar-refractivity contribution >= 4 is 12.2 Å². The predicted octanol–water partition coefficient (Wildman–Crippen LogP) is 0.677. The molecular weight excluding hydrogens is 314 g/mol. The fraction of sp³-hybridized carbons (Fsp3) is 0.867. The van der Waals surface area contributed by atoms with E-state index in [4.69, 9.17) is 9.47 Å². The quantitative estimate of drug-likeness (QED) is 0.237. The minimum atomic E-state index is -0.493. The second-order valence-corrected chi connectivity index (χ2v) is 7.14. The molecule has 0 fully saturated rings. The number of hydrogen-bond acceptors (Lipinski definition) is 7. The maximum atomic E-state index is 11.4. The number of amides is 2. The second kappa shape index (κ2) is 11.1. The van der Waals surface area contributed by atoms with Gasteiger partial charge in [-0.3, -0.25) is 5.43 Å². The number of hydrazine groups is 1. The number of rotatable bonds is 9. The van der Waals surface area contributed by atoms with Crippen LogP contribution >= 0.6 is 0 Å². The molecule has 0 atom stereocenters. The van der Waals surface area contributed by atoms with E-state index in [2.05, 4.69) is 26.8 Å². The van der Waals surface area contributed by atoms with Gasteiger partial charge in [0.25, 0.3) is 0 Å². The van der Waals surface area contributed by atoms with Gasteiger partial charge in [-0.25, -0.2) is 15.0 Å². The first kappa shape index (κ1) is 22.4. The third kappa shape index (κ3) is 16.8. The molecule has 0 unspecified atom stereocenters. The smallest absolute Gasteiger partial charge is 0.407 e. The van der Waals surface area contributed by atoms with E-state index in [9.17, 15) is 9.59 Å². The molecule has 0 radical (unpaired) electrons. The van der Waals surface area contributed by atoms with Crippen molar-refractivity contribution in [2.45, 2.75) is 52.7 Å². The van der Waals surface area contributed by atoms with Gasteiger partial charge in [0.1, 0.15) is 11.2 Å². The maximum absolute atomic E-state index is 11.4. The number of carbonyl (C=O) groups is 2. The SMILES string of the molecule is CC(C)(C)OC(=O)NCCNCNNCCNC(=O)OC(C)(C)C. The lowest BCUT2D eigenvalue weighted by atomic mass is 10.2. The summed E-state index contributed by atoms with van der Waals surface area (Å²) in [5.74, 6) is 0. The Balaban J connectivity index is 3.37. The van der Waals surface area contributed by atoms with Gasteiger partial charge in [-0.05, 0) is 41.5 Å². The number of hydrogen-bond donors (Lipinski definition) is 5. The Kier molecular flexibility index (Phi) is 10.3. The van der Waals surface area contributed by atoms with Crippen molar-refractivity contribution < 1.29 is 19.1 Å². The van der Waals surface area contributed by atoms with E-state index in [-0.39, 0.29) is 0 Å². The first-order valence-corrected chi connectivity index (χ1v) is 8.10. The van der Waals surface area contributed by atoms with E-state index < -0.39 is 23.4 Å². The Labute approximate surface area is 144 Å². The van der Waals surface area contributed by atoms with E-state index in [1.807, 2.05) is 41.5 Å². The standard InChI is InChI=1S/C15H33N5O4/c1-14(2,3)23-12(21)17-8-7-16-11-20-19-10-9-18-13(22)24-15(4,5)6/h16,19-20H,7-11H2,1-6H3,(H,17,21)(H,18,22). The summed E-state index contributed by atoms with van der Waals surface area (Å²) in [7, 11) is 0. The van der Waals surface area contributed by atoms with E-state index in [1.165, 1.54) is 0 Å². The lowest BCUT2D eigenvalue weighted by molar-refractivity contribution is 0.0516. The highest BCUT2D eigenvalue weighted by atomic mass is 16.6. The van der Waals surface area contributed by atoms with Crippen molar-refractivity contribution in [3.8, 4) is 0 Å². The zero-order valence-electron chi connectivity index (χ0n) is 15.7. The summed E-state index contributed by atoms with van der Waals surface area (Å²) in [6, 6.07) is 0. The summed E-state index contributed by atoms with van der Waals surface area (Å²) in [4.78, 5) is 22.7. The van der Waals surface area contributed by atoms with Crippen LogP contribution in [0, 0.1) is 0 Å². The molecule has 0 saturated carbocycles. The molecule has 2 amide bonds. The van der Waals surface area contributed by atoms with Crippen LogP contribution in [0.5, 0.6) is 0 Å². The largest absolute Gasteiger partial charge is 0.444 e. The number of carbonyl (C=O) groups excluding carboxylic acids is 2. The minimum Gasteiger partial charge on any atom is -0.444 e. The summed E-state index contributed by atoms with van der Waals surface area (Å²) in [5, 5.41) is 8.36. The van der Waals surface area contributed by atoms with Gasteiger partial charge in [-0.2, -0.15) is 0 Å². The van der Waals surface area contributed by atoms with Crippen molar-refractivity contribution in [3.05, 3.63) is 0 Å². The summed E-state index contributed by atoms with van der Waals surface area (Å²) >= 11 is 0. The van der Waals surface area contributed by atoms with Gasteiger partial charge in [-0.15, -0.1) is 0 Å². The van der Waals surface area contributed by atoms with Gasteiger partial charge >= 0.3 is 12.2 Å². The molecule has 9 nitrogen and oxygen atoms in total. The molecule has 0 aromatic rings. The van der Waals surface area contributed by atoms with Gasteiger partial charge in [0.15, 0.2) is 0 Å². The van der Waals surface area contributed by atoms with Gasteiger partial charge in [-0.1, -0.05) is 0 Å². The minimum absolute atomic E-state index is 0.427. The van der Waals surface area contributed by atoms with Crippen LogP contribution in [0.25, 0.3) is 0 Å². The Morgan fingerprint density at radius 3 is 1.62 bits per heavy atom. The molecule has 24 heavy (non-hydrogen) atoms. The first-order valence-electron chi connectivity index (χ1n) is 8.10. The molecule has 0 aliphatic rings. The second-order valence-electron chi connectivity index (χ2n) is 7.14. The fourth-order valence-electron chi connectivity index (χ4n) is 1.41. The molecule has 142 valence electrons. The van der Waals surface area contributed by atoms with Crippen molar-refractivity contribution in [2.75, 3.05) is 32.8 Å². The zero-order valence-corrected chi connectivity index (χ0v) is 15.7. The predicted molar refractivity (Wildman–Crippen MR) is 92.5 cm³/mol. The molecule has 0 saturated heterocycles. The van der Waals surface area contributed by atoms with Crippen LogP contribution in [0.1, 0.15) is 41.5 Å². The monoisotopic (exact) mass is 347 g/mol. The van der Waals surface area contributed by atoms with Gasteiger partial charge in [0, 0.05) is 26.2 Å². The van der Waals surface area contributed by atoms with Crippen LogP contribution in [0.2, 0.25) is 0 Å². The first-order chi connectivity index (χ1) is 11.0. The molecule has 0 bridgehead atoms. The molecule has 0 aliphatic heterocycles. The molecule has 0 rings (SSSR count). The van der Waals surface area contributed by atoms with Crippen molar-refractivity contribution in [1.29, 1.82) is 0 Å². The maximum Gasteiger partial charge on any atom is 0.407 e. The normalized spacial score (nSPS) is 11.8. The van der Waals surface area contributed by atoms with Gasteiger partial charge in [0.2, 0.25) is 0 Å². The highest BCUT2D eigenvalue weighted by Gasteiger charge is 2.16. The number of ether oxygens (including phenoxy) is 2. The molecule has 0 aromatic carbocycles. The molecule has 0 heterocycles. The van der Waals surface area contributed by atoms with Crippen LogP contribution in [0.4, 0.5) is 9.59 Å². The number of nitrogens with one attached hydrogen (secondary N) is 5. The molecule has 0 aliphatic carbocycles. The summed E-state index contributed by atoms with van der Waals surface area (Å²) < 4.78 is 10.2. The summed E-state index contributed by atoms with van der Waals surface area (Å²) in [5.41, 5.74) is 4.89. The van der Waals surface area contributed by atoms with Crippen LogP contribution < -0.4 is 26.8 Å². The van der Waals surface area contributed by atoms with E-state index in [0.717, 1.165) is 0 Å². The summed E-state index contributed by atoms with van der Waals surface area (Å²) in [6.45, 7) is 13.5. The molecule has 0 aromatic heterocycles. The van der Waals surface area contributed by atoms with Crippen LogP contribution in [0.15, 0.2) is 0 Å². The zero-order chi connectivity index (χ0) is 18.6. The van der Waals surface area contributed by atoms with Crippen LogP contribution in [-0.4, -0.2) is 56.2 Å². The molecule has 0 spiro atoms. The third-order valence-corrected chi connectivity index (χ3v) is 2.23. The lowest BCUT2D eigenvalue weighted by Crippen LogP contribution is -2.45. The molecule has 5 N–H and O–H groups in total. The average molecular weight is 347 g/mol. The average Bonchev–Trinajstić information content (AvgIpc) is 2.36. The van der Waals surface area contributed by atoms with Crippen LogP contribution in [0.3, 0.4) is 0 Å². The highest BCUT2D eigenvalue weighted by molar-refractivity contribution is 5.67. The van der Waals surface area contributed by atoms with E-state index in [0.29, 0.717) is 32.8 Å².